The van der Waals surface area contributed by atoms with Crippen LogP contribution in [0.25, 0.3) is 0 Å². The van der Waals surface area contributed by atoms with Gasteiger partial charge in [-0.05, 0) is 72.8 Å². The van der Waals surface area contributed by atoms with Crippen LogP contribution in [0.2, 0.25) is 0 Å². The van der Waals surface area contributed by atoms with E-state index in [4.69, 9.17) is 0 Å². The molecule has 0 fully saturated rings. The molecular formula is C43H68O3. The number of benzene rings is 3. The first kappa shape index (κ1) is 41.1. The van der Waals surface area contributed by atoms with Crippen molar-refractivity contribution in [3.05, 3.63) is 87.5 Å². The van der Waals surface area contributed by atoms with Crippen molar-refractivity contribution in [1.82, 2.24) is 0 Å². The van der Waals surface area contributed by atoms with E-state index < -0.39 is 0 Å². The van der Waals surface area contributed by atoms with E-state index in [0.29, 0.717) is 17.2 Å². The molecule has 0 saturated heterocycles. The van der Waals surface area contributed by atoms with Crippen molar-refractivity contribution in [2.75, 3.05) is 0 Å². The Hall–Kier alpha value is -2.94. The van der Waals surface area contributed by atoms with E-state index in [0.717, 1.165) is 33.4 Å². The Morgan fingerprint density at radius 1 is 0.326 bits per heavy atom. The zero-order chi connectivity index (χ0) is 36.4. The molecule has 0 aromatic heterocycles. The van der Waals surface area contributed by atoms with Crippen LogP contribution < -0.4 is 0 Å². The molecule has 0 amide bonds. The highest BCUT2D eigenvalue weighted by Crippen LogP contribution is 2.41. The Kier molecular flexibility index (Phi) is 12.5. The van der Waals surface area contributed by atoms with Crippen molar-refractivity contribution < 1.29 is 15.3 Å². The molecule has 0 aliphatic rings. The SMILES string of the molecule is CC(C)(C)c1cccc(C(C)(C)C)c1O.CC(C)(C)c1cccc(C(C)(C)C)c1O.Cc1cc(C(C)(C)C)c(O)c(C(C)(C)C)c1. The molecule has 0 radical (unpaired) electrons. The van der Waals surface area contributed by atoms with Crippen LogP contribution in [-0.4, -0.2) is 15.3 Å². The molecule has 3 nitrogen and oxygen atoms in total. The number of phenolic OH excluding ortho intramolecular Hbond substituents is 3. The summed E-state index contributed by atoms with van der Waals surface area (Å²) in [7, 11) is 0. The second-order valence-corrected chi connectivity index (χ2v) is 19.1. The standard InChI is InChI=1S/C15H24O.2C14H22O/c1-10-8-11(14(2,3)4)13(16)12(9-10)15(5,6)7;2*1-13(2,3)10-8-7-9-11(12(10)15)14(4,5)6/h8-9,16H,1-7H3;2*7-9,15H,1-6H3. The van der Waals surface area contributed by atoms with Gasteiger partial charge in [-0.2, -0.15) is 0 Å². The van der Waals surface area contributed by atoms with Crippen molar-refractivity contribution in [3.8, 4) is 17.2 Å². The van der Waals surface area contributed by atoms with Gasteiger partial charge in [0.25, 0.3) is 0 Å². The summed E-state index contributed by atoms with van der Waals surface area (Å²) >= 11 is 0. The van der Waals surface area contributed by atoms with Gasteiger partial charge in [-0.15, -0.1) is 0 Å². The van der Waals surface area contributed by atoms with Gasteiger partial charge < -0.3 is 15.3 Å². The number of aryl methyl sites for hydroxylation is 1. The molecule has 0 atom stereocenters. The summed E-state index contributed by atoms with van der Waals surface area (Å²) in [4.78, 5) is 0. The predicted octanol–water partition coefficient (Wildman–Crippen LogP) is 12.3. The van der Waals surface area contributed by atoms with Crippen molar-refractivity contribution in [2.24, 2.45) is 0 Å². The minimum atomic E-state index is -0.0178. The fraction of sp³-hybridized carbons (Fsp3) is 0.581. The topological polar surface area (TPSA) is 60.7 Å². The summed E-state index contributed by atoms with van der Waals surface area (Å²) in [5, 5.41) is 30.9. The molecule has 0 unspecified atom stereocenters. The van der Waals surface area contributed by atoms with Crippen molar-refractivity contribution in [2.45, 2.75) is 164 Å². The number of hydrogen-bond donors (Lipinski definition) is 3. The first-order valence-electron chi connectivity index (χ1n) is 16.8. The number of hydrogen-bond acceptors (Lipinski definition) is 3. The first-order valence-corrected chi connectivity index (χ1v) is 16.8. The van der Waals surface area contributed by atoms with Crippen molar-refractivity contribution in [1.29, 1.82) is 0 Å². The summed E-state index contributed by atoms with van der Waals surface area (Å²) < 4.78 is 0. The number of aromatic hydroxyl groups is 3. The van der Waals surface area contributed by atoms with Crippen LogP contribution in [0, 0.1) is 6.92 Å². The minimum absolute atomic E-state index is 0.00859. The van der Waals surface area contributed by atoms with Gasteiger partial charge in [-0.1, -0.05) is 179 Å². The van der Waals surface area contributed by atoms with Crippen LogP contribution in [0.4, 0.5) is 0 Å². The fourth-order valence-electron chi connectivity index (χ4n) is 5.43. The van der Waals surface area contributed by atoms with Crippen LogP contribution >= 0.6 is 0 Å². The van der Waals surface area contributed by atoms with Crippen molar-refractivity contribution in [3.63, 3.8) is 0 Å². The second kappa shape index (κ2) is 14.0. The summed E-state index contributed by atoms with van der Waals surface area (Å²) in [6.07, 6.45) is 0. The summed E-state index contributed by atoms with van der Waals surface area (Å²) in [6, 6.07) is 16.3. The molecule has 0 heterocycles. The van der Waals surface area contributed by atoms with E-state index in [1.54, 1.807) is 0 Å². The van der Waals surface area contributed by atoms with E-state index in [1.807, 2.05) is 36.4 Å². The lowest BCUT2D eigenvalue weighted by molar-refractivity contribution is 0.422. The summed E-state index contributed by atoms with van der Waals surface area (Å²) in [5.74, 6) is 1.38. The van der Waals surface area contributed by atoms with Gasteiger partial charge in [0.1, 0.15) is 17.2 Å². The molecule has 3 rings (SSSR count). The third-order valence-corrected chi connectivity index (χ3v) is 8.17. The molecule has 0 saturated carbocycles. The maximum atomic E-state index is 10.4. The molecule has 46 heavy (non-hydrogen) atoms. The van der Waals surface area contributed by atoms with Crippen LogP contribution in [0.1, 0.15) is 164 Å². The lowest BCUT2D eigenvalue weighted by Crippen LogP contribution is -2.17. The quantitative estimate of drug-likeness (QED) is 0.231. The average molecular weight is 633 g/mol. The van der Waals surface area contributed by atoms with E-state index in [9.17, 15) is 15.3 Å². The van der Waals surface area contributed by atoms with E-state index >= 15 is 0 Å². The van der Waals surface area contributed by atoms with Gasteiger partial charge in [0, 0.05) is 0 Å². The Morgan fingerprint density at radius 2 is 0.500 bits per heavy atom. The van der Waals surface area contributed by atoms with Crippen LogP contribution in [0.5, 0.6) is 17.2 Å². The van der Waals surface area contributed by atoms with Gasteiger partial charge in [0.2, 0.25) is 0 Å². The first-order chi connectivity index (χ1) is 20.3. The Labute approximate surface area is 283 Å². The van der Waals surface area contributed by atoms with E-state index in [1.165, 1.54) is 5.56 Å². The Bertz CT molecular complexity index is 1280. The third-order valence-electron chi connectivity index (χ3n) is 8.17. The maximum Gasteiger partial charge on any atom is 0.123 e. The molecule has 0 spiro atoms. The molecule has 0 aliphatic carbocycles. The summed E-state index contributed by atoms with van der Waals surface area (Å²) in [5.41, 5.74) is 7.32. The van der Waals surface area contributed by atoms with Gasteiger partial charge in [0.05, 0.1) is 0 Å². The molecular weight excluding hydrogens is 564 g/mol. The zero-order valence-corrected chi connectivity index (χ0v) is 33.0. The average Bonchev–Trinajstić information content (AvgIpc) is 2.82. The molecule has 258 valence electrons. The third kappa shape index (κ3) is 11.1. The molecule has 3 N–H and O–H groups in total. The summed E-state index contributed by atoms with van der Waals surface area (Å²) in [6.45, 7) is 40.3. The van der Waals surface area contributed by atoms with Gasteiger partial charge >= 0.3 is 0 Å². The minimum Gasteiger partial charge on any atom is -0.507 e. The normalized spacial score (nSPS) is 12.9. The zero-order valence-electron chi connectivity index (χ0n) is 33.0. The van der Waals surface area contributed by atoms with Crippen molar-refractivity contribution >= 4 is 0 Å². The lowest BCUT2D eigenvalue weighted by Gasteiger charge is -2.27. The largest absolute Gasteiger partial charge is 0.507 e. The van der Waals surface area contributed by atoms with E-state index in [-0.39, 0.29) is 32.5 Å². The second-order valence-electron chi connectivity index (χ2n) is 19.1. The number of rotatable bonds is 0. The Morgan fingerprint density at radius 3 is 0.674 bits per heavy atom. The molecule has 3 aromatic rings. The molecule has 3 heteroatoms. The Balaban J connectivity index is 0.000000345. The van der Waals surface area contributed by atoms with E-state index in [2.05, 4.69) is 144 Å². The van der Waals surface area contributed by atoms with Crippen LogP contribution in [-0.2, 0) is 32.5 Å². The molecule has 0 aliphatic heterocycles. The lowest BCUT2D eigenvalue weighted by atomic mass is 9.78. The smallest absolute Gasteiger partial charge is 0.123 e. The maximum absolute atomic E-state index is 10.4. The predicted molar refractivity (Wildman–Crippen MR) is 201 cm³/mol. The highest BCUT2D eigenvalue weighted by Gasteiger charge is 2.27. The molecule has 3 aromatic carbocycles. The van der Waals surface area contributed by atoms with Gasteiger partial charge in [-0.3, -0.25) is 0 Å². The number of phenols is 3. The highest BCUT2D eigenvalue weighted by atomic mass is 16.3. The van der Waals surface area contributed by atoms with Gasteiger partial charge in [0.15, 0.2) is 0 Å². The highest BCUT2D eigenvalue weighted by molar-refractivity contribution is 5.50. The van der Waals surface area contributed by atoms with Crippen LogP contribution in [0.3, 0.4) is 0 Å². The fourth-order valence-corrected chi connectivity index (χ4v) is 5.43. The van der Waals surface area contributed by atoms with Crippen LogP contribution in [0.15, 0.2) is 48.5 Å². The van der Waals surface area contributed by atoms with Gasteiger partial charge in [-0.25, -0.2) is 0 Å². The molecule has 0 bridgehead atoms. The monoisotopic (exact) mass is 633 g/mol. The number of para-hydroxylation sites is 2.